The Labute approximate surface area is 161 Å². The monoisotopic (exact) mass is 384 g/mol. The molecule has 7 heteroatoms. The topological polar surface area (TPSA) is 78.4 Å². The van der Waals surface area contributed by atoms with E-state index >= 15 is 0 Å². The van der Waals surface area contributed by atoms with E-state index in [2.05, 4.69) is 14.7 Å². The molecular formula is C20H20N2O4S. The van der Waals surface area contributed by atoms with E-state index in [-0.39, 0.29) is 12.6 Å². The Balaban J connectivity index is 1.77. The lowest BCUT2D eigenvalue weighted by Crippen LogP contribution is -2.05. The number of esters is 2. The number of methoxy groups -OCH3 is 1. The second-order valence-electron chi connectivity index (χ2n) is 6.08. The second kappa shape index (κ2) is 7.84. The third-order valence-electron chi connectivity index (χ3n) is 4.26. The molecule has 0 radical (unpaired) electrons. The van der Waals surface area contributed by atoms with Crippen molar-refractivity contribution < 1.29 is 19.1 Å². The number of rotatable bonds is 5. The van der Waals surface area contributed by atoms with Crippen molar-refractivity contribution in [1.29, 1.82) is 0 Å². The van der Waals surface area contributed by atoms with Crippen molar-refractivity contribution in [3.63, 3.8) is 0 Å². The SMILES string of the molecule is CCc1nc(C)c2c(C)c(C(=O)OCc3ccc(C(=O)OC)cc3)sc2n1. The van der Waals surface area contributed by atoms with Crippen LogP contribution in [0.1, 0.15) is 49.6 Å². The van der Waals surface area contributed by atoms with Crippen molar-refractivity contribution in [2.45, 2.75) is 33.8 Å². The Bertz CT molecular complexity index is 1010. The standard InChI is InChI=1S/C20H20N2O4S/c1-5-15-21-12(3)16-11(2)17(27-18(16)22-15)20(24)26-10-13-6-8-14(9-7-13)19(23)25-4/h6-9H,5,10H2,1-4H3. The van der Waals surface area contributed by atoms with Gasteiger partial charge in [-0.25, -0.2) is 19.6 Å². The Morgan fingerprint density at radius 2 is 1.78 bits per heavy atom. The number of carbonyl (C=O) groups excluding carboxylic acids is 2. The zero-order chi connectivity index (χ0) is 19.6. The van der Waals surface area contributed by atoms with Crippen molar-refractivity contribution in [2.75, 3.05) is 7.11 Å². The summed E-state index contributed by atoms with van der Waals surface area (Å²) in [5, 5.41) is 0.923. The Morgan fingerprint density at radius 3 is 2.41 bits per heavy atom. The quantitative estimate of drug-likeness (QED) is 0.619. The summed E-state index contributed by atoms with van der Waals surface area (Å²) in [6.45, 7) is 5.95. The van der Waals surface area contributed by atoms with Crippen LogP contribution in [0.2, 0.25) is 0 Å². The fourth-order valence-electron chi connectivity index (χ4n) is 2.82. The van der Waals surface area contributed by atoms with Crippen LogP contribution in [0.25, 0.3) is 10.2 Å². The zero-order valence-corrected chi connectivity index (χ0v) is 16.5. The van der Waals surface area contributed by atoms with E-state index in [1.54, 1.807) is 24.3 Å². The van der Waals surface area contributed by atoms with Gasteiger partial charge in [-0.3, -0.25) is 0 Å². The third kappa shape index (κ3) is 3.83. The predicted molar refractivity (Wildman–Crippen MR) is 103 cm³/mol. The summed E-state index contributed by atoms with van der Waals surface area (Å²) >= 11 is 1.33. The maximum absolute atomic E-state index is 12.6. The van der Waals surface area contributed by atoms with Gasteiger partial charge in [0.05, 0.1) is 12.7 Å². The molecule has 0 fully saturated rings. The fourth-order valence-corrected chi connectivity index (χ4v) is 3.96. The Kier molecular flexibility index (Phi) is 5.51. The van der Waals surface area contributed by atoms with Crippen molar-refractivity contribution >= 4 is 33.5 Å². The van der Waals surface area contributed by atoms with Crippen LogP contribution in [0, 0.1) is 13.8 Å². The van der Waals surface area contributed by atoms with Gasteiger partial charge in [0, 0.05) is 17.5 Å². The molecule has 2 aromatic heterocycles. The van der Waals surface area contributed by atoms with Gasteiger partial charge in [0.15, 0.2) is 0 Å². The molecule has 0 saturated heterocycles. The molecule has 27 heavy (non-hydrogen) atoms. The summed E-state index contributed by atoms with van der Waals surface area (Å²) < 4.78 is 10.1. The molecule has 0 unspecified atom stereocenters. The molecule has 0 spiro atoms. The van der Waals surface area contributed by atoms with Crippen molar-refractivity contribution in [3.05, 3.63) is 57.4 Å². The van der Waals surface area contributed by atoms with E-state index in [1.807, 2.05) is 20.8 Å². The largest absolute Gasteiger partial charge is 0.465 e. The molecule has 0 bridgehead atoms. The number of hydrogen-bond acceptors (Lipinski definition) is 7. The van der Waals surface area contributed by atoms with Crippen LogP contribution in [-0.2, 0) is 22.5 Å². The number of nitrogens with zero attached hydrogens (tertiary/aromatic N) is 2. The summed E-state index contributed by atoms with van der Waals surface area (Å²) in [5.74, 6) is -0.0146. The van der Waals surface area contributed by atoms with E-state index in [0.717, 1.165) is 39.3 Å². The van der Waals surface area contributed by atoms with Crippen LogP contribution >= 0.6 is 11.3 Å². The number of benzene rings is 1. The molecular weight excluding hydrogens is 364 g/mol. The third-order valence-corrected chi connectivity index (χ3v) is 5.43. The van der Waals surface area contributed by atoms with Gasteiger partial charge >= 0.3 is 11.9 Å². The number of thiophene rings is 1. The highest BCUT2D eigenvalue weighted by atomic mass is 32.1. The summed E-state index contributed by atoms with van der Waals surface area (Å²) in [7, 11) is 1.33. The minimum Gasteiger partial charge on any atom is -0.465 e. The molecule has 0 atom stereocenters. The van der Waals surface area contributed by atoms with E-state index in [0.29, 0.717) is 10.4 Å². The first kappa shape index (κ1) is 19.0. The number of aromatic nitrogens is 2. The van der Waals surface area contributed by atoms with Crippen molar-refractivity contribution in [3.8, 4) is 0 Å². The molecule has 1 aromatic carbocycles. The molecule has 140 valence electrons. The predicted octanol–water partition coefficient (Wildman–Crippen LogP) is 4.01. The first-order chi connectivity index (χ1) is 12.9. The van der Waals surface area contributed by atoms with Crippen LogP contribution in [-0.4, -0.2) is 29.0 Å². The van der Waals surface area contributed by atoms with E-state index < -0.39 is 5.97 Å². The molecule has 0 aliphatic heterocycles. The van der Waals surface area contributed by atoms with Crippen LogP contribution in [0.15, 0.2) is 24.3 Å². The number of fused-ring (bicyclic) bond motifs is 1. The Morgan fingerprint density at radius 1 is 1.07 bits per heavy atom. The number of hydrogen-bond donors (Lipinski definition) is 0. The van der Waals surface area contributed by atoms with Crippen molar-refractivity contribution in [2.24, 2.45) is 0 Å². The first-order valence-corrected chi connectivity index (χ1v) is 9.37. The molecule has 0 aliphatic carbocycles. The van der Waals surface area contributed by atoms with Crippen LogP contribution in [0.4, 0.5) is 0 Å². The van der Waals surface area contributed by atoms with Gasteiger partial charge in [-0.1, -0.05) is 19.1 Å². The smallest absolute Gasteiger partial charge is 0.349 e. The molecule has 0 saturated carbocycles. The zero-order valence-electron chi connectivity index (χ0n) is 15.7. The van der Waals surface area contributed by atoms with Crippen LogP contribution in [0.5, 0.6) is 0 Å². The van der Waals surface area contributed by atoms with E-state index in [4.69, 9.17) is 4.74 Å². The van der Waals surface area contributed by atoms with Crippen molar-refractivity contribution in [1.82, 2.24) is 9.97 Å². The molecule has 6 nitrogen and oxygen atoms in total. The summed E-state index contributed by atoms with van der Waals surface area (Å²) in [6.07, 6.45) is 0.745. The van der Waals surface area contributed by atoms with Gasteiger partial charge in [-0.15, -0.1) is 11.3 Å². The number of aryl methyl sites for hydroxylation is 3. The lowest BCUT2D eigenvalue weighted by molar-refractivity contribution is 0.0476. The highest BCUT2D eigenvalue weighted by molar-refractivity contribution is 7.20. The lowest BCUT2D eigenvalue weighted by atomic mass is 10.1. The molecule has 2 heterocycles. The summed E-state index contributed by atoms with van der Waals surface area (Å²) in [6, 6.07) is 6.76. The number of carbonyl (C=O) groups is 2. The van der Waals surface area contributed by atoms with Crippen LogP contribution < -0.4 is 0 Å². The van der Waals surface area contributed by atoms with Crippen LogP contribution in [0.3, 0.4) is 0 Å². The summed E-state index contributed by atoms with van der Waals surface area (Å²) in [5.41, 5.74) is 2.97. The van der Waals surface area contributed by atoms with Gasteiger partial charge < -0.3 is 9.47 Å². The van der Waals surface area contributed by atoms with Gasteiger partial charge in [0.1, 0.15) is 22.1 Å². The highest BCUT2D eigenvalue weighted by Gasteiger charge is 2.20. The summed E-state index contributed by atoms with van der Waals surface area (Å²) in [4.78, 5) is 34.4. The molecule has 3 rings (SSSR count). The minimum atomic E-state index is -0.401. The first-order valence-electron chi connectivity index (χ1n) is 8.55. The Hall–Kier alpha value is -2.80. The minimum absolute atomic E-state index is 0.124. The average Bonchev–Trinajstić information content (AvgIpc) is 3.02. The van der Waals surface area contributed by atoms with Gasteiger partial charge in [0.2, 0.25) is 0 Å². The molecule has 0 amide bonds. The van der Waals surface area contributed by atoms with Gasteiger partial charge in [0.25, 0.3) is 0 Å². The lowest BCUT2D eigenvalue weighted by Gasteiger charge is -2.05. The fraction of sp³-hybridized carbons (Fsp3) is 0.300. The van der Waals surface area contributed by atoms with Gasteiger partial charge in [-0.2, -0.15) is 0 Å². The maximum atomic E-state index is 12.6. The maximum Gasteiger partial charge on any atom is 0.349 e. The average molecular weight is 384 g/mol. The molecule has 3 aromatic rings. The molecule has 0 aliphatic rings. The van der Waals surface area contributed by atoms with E-state index in [9.17, 15) is 9.59 Å². The normalized spacial score (nSPS) is 10.8. The second-order valence-corrected chi connectivity index (χ2v) is 7.08. The van der Waals surface area contributed by atoms with E-state index in [1.165, 1.54) is 18.4 Å². The molecule has 0 N–H and O–H groups in total. The highest BCUT2D eigenvalue weighted by Crippen LogP contribution is 2.32. The van der Waals surface area contributed by atoms with Gasteiger partial charge in [-0.05, 0) is 37.1 Å². The number of ether oxygens (including phenoxy) is 2.